The van der Waals surface area contributed by atoms with E-state index < -0.39 is 5.91 Å². The van der Waals surface area contributed by atoms with Gasteiger partial charge < -0.3 is 4.90 Å². The predicted molar refractivity (Wildman–Crippen MR) is 97.2 cm³/mol. The normalized spacial score (nSPS) is 14.2. The number of amides is 2. The molecule has 1 aliphatic rings. The Hall–Kier alpha value is -2.18. The van der Waals surface area contributed by atoms with E-state index in [9.17, 15) is 9.59 Å². The van der Waals surface area contributed by atoms with E-state index in [0.29, 0.717) is 23.5 Å². The molecule has 0 bridgehead atoms. The number of hydrogen-bond acceptors (Lipinski definition) is 4. The molecule has 1 aromatic carbocycles. The third kappa shape index (κ3) is 3.60. The lowest BCUT2D eigenvalue weighted by atomic mass is 9.86. The maximum absolute atomic E-state index is 12.8. The number of nitrogens with one attached hydrogen (secondary N) is 1. The molecule has 1 aromatic heterocycles. The van der Waals surface area contributed by atoms with Gasteiger partial charge in [-0.2, -0.15) is 0 Å². The van der Waals surface area contributed by atoms with Gasteiger partial charge in [-0.3, -0.25) is 14.8 Å². The highest BCUT2D eigenvalue weighted by Gasteiger charge is 2.25. The fraction of sp³-hybridized carbons (Fsp3) is 0.368. The predicted octanol–water partition coefficient (Wildman–Crippen LogP) is 3.36. The Balaban J connectivity index is 1.76. The first-order chi connectivity index (χ1) is 11.8. The number of benzene rings is 1. The third-order valence-corrected chi connectivity index (χ3v) is 5.65. The van der Waals surface area contributed by atoms with Gasteiger partial charge in [0.25, 0.3) is 11.8 Å². The second kappa shape index (κ2) is 6.61. The molecule has 2 N–H and O–H groups in total. The van der Waals surface area contributed by atoms with Gasteiger partial charge in [0.1, 0.15) is 0 Å². The topological polar surface area (TPSA) is 69.6 Å². The fourth-order valence-electron chi connectivity index (χ4n) is 2.96. The van der Waals surface area contributed by atoms with Crippen molar-refractivity contribution in [1.82, 2.24) is 10.4 Å². The highest BCUT2D eigenvalue weighted by Crippen LogP contribution is 2.29. The minimum Gasteiger partial charge on any atom is -0.333 e. The molecular weight excluding hydrogens is 336 g/mol. The Labute approximate surface area is 151 Å². The summed E-state index contributed by atoms with van der Waals surface area (Å²) < 4.78 is 0. The number of hydroxylamine groups is 1. The summed E-state index contributed by atoms with van der Waals surface area (Å²) in [6.45, 7) is 7.56. The molecule has 0 aliphatic carbocycles. The molecule has 0 saturated heterocycles. The molecule has 0 radical (unpaired) electrons. The van der Waals surface area contributed by atoms with E-state index in [1.54, 1.807) is 11.5 Å². The number of rotatable bonds is 2. The smallest absolute Gasteiger partial charge is 0.284 e. The van der Waals surface area contributed by atoms with Crippen LogP contribution >= 0.6 is 11.3 Å². The molecule has 3 rings (SSSR count). The van der Waals surface area contributed by atoms with Crippen molar-refractivity contribution in [1.29, 1.82) is 0 Å². The summed E-state index contributed by atoms with van der Waals surface area (Å²) in [5.74, 6) is -0.497. The molecule has 2 aromatic rings. The molecule has 132 valence electrons. The van der Waals surface area contributed by atoms with Crippen molar-refractivity contribution in [2.24, 2.45) is 0 Å². The minimum absolute atomic E-state index is 0.00710. The van der Waals surface area contributed by atoms with Crippen LogP contribution in [-0.2, 0) is 18.4 Å². The lowest BCUT2D eigenvalue weighted by Gasteiger charge is -2.27. The average molecular weight is 358 g/mol. The fourth-order valence-corrected chi connectivity index (χ4v) is 4.07. The zero-order chi connectivity index (χ0) is 18.2. The van der Waals surface area contributed by atoms with Crippen LogP contribution in [0.25, 0.3) is 0 Å². The van der Waals surface area contributed by atoms with Crippen LogP contribution in [0.1, 0.15) is 56.8 Å². The van der Waals surface area contributed by atoms with E-state index in [-0.39, 0.29) is 11.3 Å². The van der Waals surface area contributed by atoms with E-state index in [1.165, 1.54) is 16.9 Å². The Kier molecular flexibility index (Phi) is 4.67. The first kappa shape index (κ1) is 17.6. The molecule has 0 unspecified atom stereocenters. The zero-order valence-corrected chi connectivity index (χ0v) is 15.4. The highest BCUT2D eigenvalue weighted by molar-refractivity contribution is 7.14. The van der Waals surface area contributed by atoms with Gasteiger partial charge in [-0.1, -0.05) is 32.9 Å². The van der Waals surface area contributed by atoms with Crippen LogP contribution in [0.5, 0.6) is 0 Å². The van der Waals surface area contributed by atoms with Gasteiger partial charge in [-0.25, -0.2) is 5.48 Å². The van der Waals surface area contributed by atoms with Gasteiger partial charge in [-0.15, -0.1) is 11.3 Å². The Morgan fingerprint density at radius 3 is 2.48 bits per heavy atom. The van der Waals surface area contributed by atoms with Gasteiger partial charge >= 0.3 is 0 Å². The molecule has 6 heteroatoms. The molecule has 2 amide bonds. The molecule has 25 heavy (non-hydrogen) atoms. The van der Waals surface area contributed by atoms with Crippen LogP contribution in [-0.4, -0.2) is 28.5 Å². The van der Waals surface area contributed by atoms with Crippen molar-refractivity contribution in [3.8, 4) is 0 Å². The number of hydrogen-bond donors (Lipinski definition) is 2. The van der Waals surface area contributed by atoms with Crippen molar-refractivity contribution in [3.63, 3.8) is 0 Å². The molecule has 5 nitrogen and oxygen atoms in total. The van der Waals surface area contributed by atoms with Crippen LogP contribution < -0.4 is 5.48 Å². The van der Waals surface area contributed by atoms with E-state index in [4.69, 9.17) is 5.21 Å². The van der Waals surface area contributed by atoms with Crippen molar-refractivity contribution in [3.05, 3.63) is 56.8 Å². The number of thiophene rings is 1. The van der Waals surface area contributed by atoms with Crippen LogP contribution in [0.15, 0.2) is 30.3 Å². The summed E-state index contributed by atoms with van der Waals surface area (Å²) in [7, 11) is 0. The zero-order valence-electron chi connectivity index (χ0n) is 14.6. The first-order valence-electron chi connectivity index (χ1n) is 8.25. The monoisotopic (exact) mass is 358 g/mol. The molecule has 0 spiro atoms. The summed E-state index contributed by atoms with van der Waals surface area (Å²) in [4.78, 5) is 27.6. The van der Waals surface area contributed by atoms with E-state index in [1.807, 2.05) is 29.2 Å². The second-order valence-electron chi connectivity index (χ2n) is 7.30. The number of fused-ring (bicyclic) bond motifs is 1. The van der Waals surface area contributed by atoms with Gasteiger partial charge in [0.15, 0.2) is 0 Å². The molecular formula is C19H22N2O3S. The lowest BCUT2D eigenvalue weighted by molar-refractivity contribution is 0.0709. The van der Waals surface area contributed by atoms with Crippen LogP contribution in [0, 0.1) is 0 Å². The summed E-state index contributed by atoms with van der Waals surface area (Å²) in [6.07, 6.45) is 0.719. The second-order valence-corrected chi connectivity index (χ2v) is 8.44. The van der Waals surface area contributed by atoms with Gasteiger partial charge in [0, 0.05) is 17.0 Å². The van der Waals surface area contributed by atoms with E-state index in [0.717, 1.165) is 16.9 Å². The van der Waals surface area contributed by atoms with Gasteiger partial charge in [-0.05, 0) is 41.2 Å². The van der Waals surface area contributed by atoms with E-state index in [2.05, 4.69) is 20.8 Å². The maximum Gasteiger partial charge on any atom is 0.284 e. The Bertz CT molecular complexity index is 803. The van der Waals surface area contributed by atoms with Crippen LogP contribution in [0.4, 0.5) is 0 Å². The largest absolute Gasteiger partial charge is 0.333 e. The molecule has 2 heterocycles. The van der Waals surface area contributed by atoms with Crippen molar-refractivity contribution in [2.45, 2.75) is 39.2 Å². The lowest BCUT2D eigenvalue weighted by Crippen LogP contribution is -2.35. The van der Waals surface area contributed by atoms with Crippen molar-refractivity contribution >= 4 is 23.2 Å². The van der Waals surface area contributed by atoms with E-state index >= 15 is 0 Å². The standard InChI is InChI=1S/C19H22N2O3S/c1-19(2,3)14-6-4-12(5-7-14)18(23)21-9-8-13-10-15(17(22)20-24)25-16(13)11-21/h4-7,10,24H,8-9,11H2,1-3H3,(H,20,22). The van der Waals surface area contributed by atoms with Crippen molar-refractivity contribution in [2.75, 3.05) is 6.54 Å². The Morgan fingerprint density at radius 1 is 1.20 bits per heavy atom. The number of nitrogens with zero attached hydrogens (tertiary/aromatic N) is 1. The highest BCUT2D eigenvalue weighted by atomic mass is 32.1. The quantitative estimate of drug-likeness (QED) is 0.639. The minimum atomic E-state index is -0.505. The number of carbonyl (C=O) groups excluding carboxylic acids is 2. The first-order valence-corrected chi connectivity index (χ1v) is 9.07. The summed E-state index contributed by atoms with van der Waals surface area (Å²) in [5.41, 5.74) is 4.67. The molecule has 0 atom stereocenters. The maximum atomic E-state index is 12.8. The van der Waals surface area contributed by atoms with Gasteiger partial charge in [0.05, 0.1) is 11.4 Å². The Morgan fingerprint density at radius 2 is 1.88 bits per heavy atom. The SMILES string of the molecule is CC(C)(C)c1ccc(C(=O)N2CCc3cc(C(=O)NO)sc3C2)cc1. The average Bonchev–Trinajstić information content (AvgIpc) is 3.03. The summed E-state index contributed by atoms with van der Waals surface area (Å²) in [6, 6.07) is 9.59. The third-order valence-electron chi connectivity index (χ3n) is 4.49. The molecule has 1 aliphatic heterocycles. The van der Waals surface area contributed by atoms with Gasteiger partial charge in [0.2, 0.25) is 0 Å². The van der Waals surface area contributed by atoms with Crippen LogP contribution in [0.3, 0.4) is 0 Å². The molecule has 0 fully saturated rings. The number of carbonyl (C=O) groups is 2. The summed E-state index contributed by atoms with van der Waals surface area (Å²) >= 11 is 1.32. The van der Waals surface area contributed by atoms with Crippen molar-refractivity contribution < 1.29 is 14.8 Å². The summed E-state index contributed by atoms with van der Waals surface area (Å²) in [5, 5.41) is 8.76. The molecule has 0 saturated carbocycles. The van der Waals surface area contributed by atoms with Crippen LogP contribution in [0.2, 0.25) is 0 Å².